The first kappa shape index (κ1) is 19.1. The van der Waals surface area contributed by atoms with Crippen LogP contribution in [0.15, 0.2) is 52.9 Å². The fraction of sp³-hybridized carbons (Fsp3) is 0.182. The lowest BCUT2D eigenvalue weighted by Gasteiger charge is -2.04. The Morgan fingerprint density at radius 3 is 2.57 bits per heavy atom. The minimum atomic E-state index is 0.236. The second-order valence-corrected chi connectivity index (χ2v) is 5.98. The van der Waals surface area contributed by atoms with Crippen LogP contribution < -0.4 is 14.8 Å². The van der Waals surface area contributed by atoms with Gasteiger partial charge in [-0.15, -0.1) is 0 Å². The fourth-order valence-electron chi connectivity index (χ4n) is 2.63. The lowest BCUT2D eigenvalue weighted by molar-refractivity contribution is 0.414. The number of aromatic nitrogens is 1. The summed E-state index contributed by atoms with van der Waals surface area (Å²) in [5.41, 5.74) is 2.34. The standard InChI is InChI=1S/C22H21N3O3/c1-26-18-9-6-16(7-10-18)12-13-24-22-20(15-23)25-21(28-22)11-8-17-4-3-5-19(14-17)27-2/h3-11,14,24H,12-13H2,1-2H3/b11-8+. The Kier molecular flexibility index (Phi) is 6.32. The first-order valence-electron chi connectivity index (χ1n) is 8.81. The summed E-state index contributed by atoms with van der Waals surface area (Å²) in [6, 6.07) is 17.5. The molecular weight excluding hydrogens is 354 g/mol. The molecule has 0 unspecified atom stereocenters. The molecule has 6 nitrogen and oxygen atoms in total. The molecule has 1 N–H and O–H groups in total. The van der Waals surface area contributed by atoms with Crippen LogP contribution in [0.3, 0.4) is 0 Å². The molecule has 142 valence electrons. The zero-order chi connectivity index (χ0) is 19.8. The number of oxazole rings is 1. The van der Waals surface area contributed by atoms with Crippen LogP contribution in [0.2, 0.25) is 0 Å². The van der Waals surface area contributed by atoms with Gasteiger partial charge in [0.2, 0.25) is 17.5 Å². The molecule has 0 radical (unpaired) electrons. The van der Waals surface area contributed by atoms with Crippen LogP contribution >= 0.6 is 0 Å². The maximum atomic E-state index is 9.29. The van der Waals surface area contributed by atoms with Crippen molar-refractivity contribution < 1.29 is 13.9 Å². The van der Waals surface area contributed by atoms with Crippen molar-refractivity contribution in [1.29, 1.82) is 5.26 Å². The Morgan fingerprint density at radius 2 is 1.86 bits per heavy atom. The Balaban J connectivity index is 1.63. The number of rotatable bonds is 8. The summed E-state index contributed by atoms with van der Waals surface area (Å²) < 4.78 is 16.0. The predicted molar refractivity (Wildman–Crippen MR) is 108 cm³/mol. The van der Waals surface area contributed by atoms with E-state index in [1.807, 2.05) is 54.6 Å². The highest BCUT2D eigenvalue weighted by Crippen LogP contribution is 2.20. The quantitative estimate of drug-likeness (QED) is 0.629. The highest BCUT2D eigenvalue weighted by Gasteiger charge is 2.11. The van der Waals surface area contributed by atoms with Crippen LogP contribution in [0.25, 0.3) is 12.2 Å². The van der Waals surface area contributed by atoms with E-state index in [-0.39, 0.29) is 5.69 Å². The van der Waals surface area contributed by atoms with Gasteiger partial charge in [-0.1, -0.05) is 24.3 Å². The Morgan fingerprint density at radius 1 is 1.07 bits per heavy atom. The second-order valence-electron chi connectivity index (χ2n) is 5.98. The zero-order valence-corrected chi connectivity index (χ0v) is 15.8. The molecule has 3 aromatic rings. The maximum Gasteiger partial charge on any atom is 0.232 e. The number of hydrogen-bond acceptors (Lipinski definition) is 6. The van der Waals surface area contributed by atoms with E-state index in [0.29, 0.717) is 18.3 Å². The minimum absolute atomic E-state index is 0.236. The van der Waals surface area contributed by atoms with Gasteiger partial charge in [0.15, 0.2) is 0 Å². The van der Waals surface area contributed by atoms with E-state index in [4.69, 9.17) is 13.9 Å². The first-order chi connectivity index (χ1) is 13.7. The molecule has 3 rings (SSSR count). The van der Waals surface area contributed by atoms with E-state index in [1.54, 1.807) is 20.3 Å². The van der Waals surface area contributed by atoms with Crippen molar-refractivity contribution in [2.24, 2.45) is 0 Å². The van der Waals surface area contributed by atoms with Crippen molar-refractivity contribution >= 4 is 18.0 Å². The number of methoxy groups -OCH3 is 2. The molecule has 0 fully saturated rings. The molecule has 0 amide bonds. The monoisotopic (exact) mass is 375 g/mol. The lowest BCUT2D eigenvalue weighted by atomic mass is 10.1. The average Bonchev–Trinajstić information content (AvgIpc) is 3.15. The second kappa shape index (κ2) is 9.28. The van der Waals surface area contributed by atoms with Crippen molar-refractivity contribution in [1.82, 2.24) is 4.98 Å². The summed E-state index contributed by atoms with van der Waals surface area (Å²) in [7, 11) is 3.27. The van der Waals surface area contributed by atoms with Crippen LogP contribution in [0.4, 0.5) is 5.88 Å². The van der Waals surface area contributed by atoms with Gasteiger partial charge in [-0.25, -0.2) is 0 Å². The van der Waals surface area contributed by atoms with E-state index >= 15 is 0 Å². The number of nitrogens with one attached hydrogen (secondary N) is 1. The molecule has 0 saturated heterocycles. The van der Waals surface area contributed by atoms with Gasteiger partial charge >= 0.3 is 0 Å². The van der Waals surface area contributed by atoms with Crippen LogP contribution in [-0.2, 0) is 6.42 Å². The van der Waals surface area contributed by atoms with Crippen LogP contribution in [-0.4, -0.2) is 25.7 Å². The number of benzene rings is 2. The fourth-order valence-corrected chi connectivity index (χ4v) is 2.63. The number of anilines is 1. The summed E-state index contributed by atoms with van der Waals surface area (Å²) in [6.07, 6.45) is 4.37. The summed E-state index contributed by atoms with van der Waals surface area (Å²) in [5, 5.41) is 12.4. The summed E-state index contributed by atoms with van der Waals surface area (Å²) in [4.78, 5) is 4.21. The normalized spacial score (nSPS) is 10.6. The molecule has 1 heterocycles. The Bertz CT molecular complexity index is 985. The van der Waals surface area contributed by atoms with E-state index < -0.39 is 0 Å². The smallest absolute Gasteiger partial charge is 0.232 e. The molecule has 0 aliphatic heterocycles. The van der Waals surface area contributed by atoms with Gasteiger partial charge in [0, 0.05) is 12.6 Å². The summed E-state index contributed by atoms with van der Waals surface area (Å²) in [6.45, 7) is 0.620. The van der Waals surface area contributed by atoms with Crippen molar-refractivity contribution in [3.8, 4) is 17.6 Å². The number of hydrogen-bond donors (Lipinski definition) is 1. The van der Waals surface area contributed by atoms with Gasteiger partial charge in [-0.05, 0) is 47.9 Å². The van der Waals surface area contributed by atoms with E-state index in [2.05, 4.69) is 16.4 Å². The van der Waals surface area contributed by atoms with Crippen molar-refractivity contribution in [2.75, 3.05) is 26.1 Å². The van der Waals surface area contributed by atoms with Crippen molar-refractivity contribution in [3.63, 3.8) is 0 Å². The minimum Gasteiger partial charge on any atom is -0.497 e. The molecule has 6 heteroatoms. The van der Waals surface area contributed by atoms with E-state index in [9.17, 15) is 5.26 Å². The molecule has 2 aromatic carbocycles. The van der Waals surface area contributed by atoms with Gasteiger partial charge in [0.05, 0.1) is 14.2 Å². The maximum absolute atomic E-state index is 9.29. The molecule has 1 aromatic heterocycles. The third kappa shape index (κ3) is 4.92. The van der Waals surface area contributed by atoms with Crippen LogP contribution in [0.1, 0.15) is 22.7 Å². The number of nitrogens with zero attached hydrogens (tertiary/aromatic N) is 2. The highest BCUT2D eigenvalue weighted by molar-refractivity contribution is 5.67. The van der Waals surface area contributed by atoms with Gasteiger partial charge in [0.1, 0.15) is 17.6 Å². The topological polar surface area (TPSA) is 80.3 Å². The van der Waals surface area contributed by atoms with E-state index in [0.717, 1.165) is 29.0 Å². The van der Waals surface area contributed by atoms with Crippen molar-refractivity contribution in [3.05, 3.63) is 71.2 Å². The van der Waals surface area contributed by atoms with Crippen molar-refractivity contribution in [2.45, 2.75) is 6.42 Å². The highest BCUT2D eigenvalue weighted by atomic mass is 16.5. The number of ether oxygens (including phenoxy) is 2. The molecule has 0 saturated carbocycles. The zero-order valence-electron chi connectivity index (χ0n) is 15.8. The third-order valence-corrected chi connectivity index (χ3v) is 4.12. The predicted octanol–water partition coefficient (Wildman–Crippen LogP) is 4.39. The van der Waals surface area contributed by atoms with Gasteiger partial charge in [0.25, 0.3) is 0 Å². The SMILES string of the molecule is COc1ccc(CCNc2oc(/C=C/c3cccc(OC)c3)nc2C#N)cc1. The van der Waals surface area contributed by atoms with Gasteiger partial charge in [-0.2, -0.15) is 10.2 Å². The molecule has 0 spiro atoms. The average molecular weight is 375 g/mol. The van der Waals surface area contributed by atoms with Gasteiger partial charge in [-0.3, -0.25) is 0 Å². The molecule has 0 atom stereocenters. The van der Waals surface area contributed by atoms with Gasteiger partial charge < -0.3 is 19.2 Å². The summed E-state index contributed by atoms with van der Waals surface area (Å²) >= 11 is 0. The molecular formula is C22H21N3O3. The van der Waals surface area contributed by atoms with Crippen LogP contribution in [0, 0.1) is 11.3 Å². The molecule has 0 aliphatic carbocycles. The number of nitriles is 1. The Hall–Kier alpha value is -3.72. The first-order valence-corrected chi connectivity index (χ1v) is 8.81. The molecule has 28 heavy (non-hydrogen) atoms. The Labute approximate surface area is 164 Å². The molecule has 0 bridgehead atoms. The molecule has 0 aliphatic rings. The largest absolute Gasteiger partial charge is 0.497 e. The summed E-state index contributed by atoms with van der Waals surface area (Å²) in [5.74, 6) is 2.34. The van der Waals surface area contributed by atoms with E-state index in [1.165, 1.54) is 0 Å². The lowest BCUT2D eigenvalue weighted by Crippen LogP contribution is -2.05. The van der Waals surface area contributed by atoms with Crippen LogP contribution in [0.5, 0.6) is 11.5 Å². The third-order valence-electron chi connectivity index (χ3n) is 4.12.